The molecule has 0 fully saturated rings. The number of aromatic carboxylic acids is 1. The van der Waals surface area contributed by atoms with Crippen LogP contribution in [0.1, 0.15) is 16.1 Å². The number of phenolic OH excluding ortho intramolecular Hbond substituents is 1. The summed E-state index contributed by atoms with van der Waals surface area (Å²) >= 11 is 3.20. The Balaban J connectivity index is 2.49. The number of hydrogen-bond acceptors (Lipinski definition) is 4. The Kier molecular flexibility index (Phi) is 2.89. The van der Waals surface area contributed by atoms with E-state index in [0.717, 1.165) is 0 Å². The van der Waals surface area contributed by atoms with Crippen molar-refractivity contribution in [3.63, 3.8) is 0 Å². The zero-order chi connectivity index (χ0) is 12.6. The molecule has 0 unspecified atom stereocenters. The number of nitrogens with zero attached hydrogens (tertiary/aromatic N) is 1. The van der Waals surface area contributed by atoms with E-state index in [1.54, 1.807) is 19.1 Å². The number of carbonyl (C=O) groups is 1. The molecule has 0 spiro atoms. The lowest BCUT2D eigenvalue weighted by Gasteiger charge is -2.03. The van der Waals surface area contributed by atoms with Crippen LogP contribution in [0, 0.1) is 6.92 Å². The molecule has 0 bridgehead atoms. The van der Waals surface area contributed by atoms with E-state index in [2.05, 4.69) is 21.1 Å². The van der Waals surface area contributed by atoms with Crippen LogP contribution in [-0.2, 0) is 0 Å². The van der Waals surface area contributed by atoms with Crippen LogP contribution in [0.2, 0.25) is 0 Å². The van der Waals surface area contributed by atoms with E-state index in [1.165, 1.54) is 6.07 Å². The van der Waals surface area contributed by atoms with E-state index < -0.39 is 5.97 Å². The minimum atomic E-state index is -1.14. The normalized spacial score (nSPS) is 10.5. The Labute approximate surface area is 105 Å². The molecule has 1 heterocycles. The number of hydrogen-bond donors (Lipinski definition) is 2. The van der Waals surface area contributed by atoms with E-state index in [0.29, 0.717) is 21.4 Å². The van der Waals surface area contributed by atoms with E-state index >= 15 is 0 Å². The maximum Gasteiger partial charge on any atom is 0.358 e. The van der Waals surface area contributed by atoms with Gasteiger partial charge in [0.15, 0.2) is 11.5 Å². The molecule has 1 aromatic heterocycles. The van der Waals surface area contributed by atoms with Gasteiger partial charge in [0.2, 0.25) is 0 Å². The van der Waals surface area contributed by atoms with E-state index in [-0.39, 0.29) is 11.4 Å². The van der Waals surface area contributed by atoms with Crippen molar-refractivity contribution in [2.45, 2.75) is 6.92 Å². The van der Waals surface area contributed by atoms with Gasteiger partial charge in [-0.1, -0.05) is 5.16 Å². The molecule has 88 valence electrons. The monoisotopic (exact) mass is 297 g/mol. The number of aromatic hydroxyl groups is 1. The first kappa shape index (κ1) is 11.7. The second-order valence-corrected chi connectivity index (χ2v) is 4.36. The third kappa shape index (κ3) is 2.16. The van der Waals surface area contributed by atoms with E-state index in [4.69, 9.17) is 9.63 Å². The minimum absolute atomic E-state index is 0.145. The predicted molar refractivity (Wildman–Crippen MR) is 63.0 cm³/mol. The fourth-order valence-corrected chi connectivity index (χ4v) is 1.95. The minimum Gasteiger partial charge on any atom is -0.506 e. The Morgan fingerprint density at radius 3 is 2.65 bits per heavy atom. The number of benzene rings is 1. The molecule has 0 radical (unpaired) electrons. The van der Waals surface area contributed by atoms with Gasteiger partial charge in [0.25, 0.3) is 0 Å². The van der Waals surface area contributed by atoms with Crippen molar-refractivity contribution in [2.24, 2.45) is 0 Å². The van der Waals surface area contributed by atoms with Crippen LogP contribution in [0.25, 0.3) is 11.3 Å². The molecule has 5 nitrogen and oxygen atoms in total. The van der Waals surface area contributed by atoms with Gasteiger partial charge >= 0.3 is 5.97 Å². The topological polar surface area (TPSA) is 83.6 Å². The molecular weight excluding hydrogens is 290 g/mol. The van der Waals surface area contributed by atoms with Crippen molar-refractivity contribution >= 4 is 21.9 Å². The summed E-state index contributed by atoms with van der Waals surface area (Å²) in [5, 5.41) is 21.7. The van der Waals surface area contributed by atoms with Gasteiger partial charge in [0.1, 0.15) is 5.75 Å². The van der Waals surface area contributed by atoms with Gasteiger partial charge in [0.05, 0.1) is 4.47 Å². The SMILES string of the molecule is Cc1cc(-c2cc(C(=O)O)no2)cc(Br)c1O. The highest BCUT2D eigenvalue weighted by molar-refractivity contribution is 9.10. The highest BCUT2D eigenvalue weighted by atomic mass is 79.9. The van der Waals surface area contributed by atoms with Gasteiger partial charge < -0.3 is 14.7 Å². The van der Waals surface area contributed by atoms with Crippen LogP contribution in [-0.4, -0.2) is 21.3 Å². The molecule has 6 heteroatoms. The van der Waals surface area contributed by atoms with Crippen molar-refractivity contribution in [1.29, 1.82) is 0 Å². The Morgan fingerprint density at radius 1 is 1.41 bits per heavy atom. The summed E-state index contributed by atoms with van der Waals surface area (Å²) in [5.74, 6) is -0.660. The molecule has 2 N–H and O–H groups in total. The van der Waals surface area contributed by atoms with Gasteiger partial charge in [-0.3, -0.25) is 0 Å². The molecular formula is C11H8BrNO4. The van der Waals surface area contributed by atoms with Crippen molar-refractivity contribution in [3.05, 3.63) is 33.9 Å². The summed E-state index contributed by atoms with van der Waals surface area (Å²) in [6.45, 7) is 1.73. The highest BCUT2D eigenvalue weighted by Crippen LogP contribution is 2.33. The number of aromatic nitrogens is 1. The van der Waals surface area contributed by atoms with Crippen molar-refractivity contribution in [3.8, 4) is 17.1 Å². The first-order valence-corrected chi connectivity index (χ1v) is 5.48. The van der Waals surface area contributed by atoms with Crippen molar-refractivity contribution < 1.29 is 19.5 Å². The van der Waals surface area contributed by atoms with Crippen molar-refractivity contribution in [1.82, 2.24) is 5.16 Å². The zero-order valence-electron chi connectivity index (χ0n) is 8.77. The smallest absolute Gasteiger partial charge is 0.358 e. The standard InChI is InChI=1S/C11H8BrNO4/c1-5-2-6(3-7(12)10(5)14)9-4-8(11(15)16)13-17-9/h2-4,14H,1H3,(H,15,16). The molecule has 17 heavy (non-hydrogen) atoms. The molecule has 0 atom stereocenters. The third-order valence-corrected chi connectivity index (χ3v) is 2.87. The van der Waals surface area contributed by atoms with Gasteiger partial charge in [-0.05, 0) is 40.5 Å². The number of phenols is 1. The number of rotatable bonds is 2. The molecule has 2 aromatic rings. The molecule has 0 aliphatic heterocycles. The third-order valence-electron chi connectivity index (χ3n) is 2.27. The Hall–Kier alpha value is -1.82. The van der Waals surface area contributed by atoms with Crippen LogP contribution in [0.5, 0.6) is 5.75 Å². The lowest BCUT2D eigenvalue weighted by atomic mass is 10.1. The maximum absolute atomic E-state index is 10.7. The van der Waals surface area contributed by atoms with Crippen LogP contribution in [0.3, 0.4) is 0 Å². The van der Waals surface area contributed by atoms with E-state index in [9.17, 15) is 9.90 Å². The molecule has 0 amide bonds. The fourth-order valence-electron chi connectivity index (χ4n) is 1.39. The molecule has 1 aromatic carbocycles. The summed E-state index contributed by atoms with van der Waals surface area (Å²) in [5.41, 5.74) is 1.15. The number of aryl methyl sites for hydroxylation is 1. The van der Waals surface area contributed by atoms with Crippen LogP contribution < -0.4 is 0 Å². The van der Waals surface area contributed by atoms with Crippen LogP contribution in [0.4, 0.5) is 0 Å². The van der Waals surface area contributed by atoms with Gasteiger partial charge in [-0.15, -0.1) is 0 Å². The van der Waals surface area contributed by atoms with Crippen LogP contribution in [0.15, 0.2) is 27.2 Å². The zero-order valence-corrected chi connectivity index (χ0v) is 10.4. The summed E-state index contributed by atoms with van der Waals surface area (Å²) in [7, 11) is 0. The largest absolute Gasteiger partial charge is 0.506 e. The Bertz CT molecular complexity index is 568. The highest BCUT2D eigenvalue weighted by Gasteiger charge is 2.14. The molecule has 0 saturated carbocycles. The van der Waals surface area contributed by atoms with Gasteiger partial charge in [-0.2, -0.15) is 0 Å². The quantitative estimate of drug-likeness (QED) is 0.890. The second kappa shape index (κ2) is 4.21. The van der Waals surface area contributed by atoms with Gasteiger partial charge in [-0.25, -0.2) is 4.79 Å². The summed E-state index contributed by atoms with van der Waals surface area (Å²) in [6.07, 6.45) is 0. The first-order valence-electron chi connectivity index (χ1n) is 4.68. The molecule has 0 saturated heterocycles. The van der Waals surface area contributed by atoms with Crippen LogP contribution >= 0.6 is 15.9 Å². The number of halogens is 1. The second-order valence-electron chi connectivity index (χ2n) is 3.51. The summed E-state index contributed by atoms with van der Waals surface area (Å²) < 4.78 is 5.44. The lowest BCUT2D eigenvalue weighted by Crippen LogP contribution is -1.94. The summed E-state index contributed by atoms with van der Waals surface area (Å²) in [4.78, 5) is 10.7. The van der Waals surface area contributed by atoms with Gasteiger partial charge in [0, 0.05) is 11.6 Å². The maximum atomic E-state index is 10.7. The first-order chi connectivity index (χ1) is 7.99. The predicted octanol–water partition coefficient (Wildman–Crippen LogP) is 2.82. The molecule has 0 aliphatic rings. The summed E-state index contributed by atoms with van der Waals surface area (Å²) in [6, 6.07) is 4.65. The van der Waals surface area contributed by atoms with E-state index in [1.807, 2.05) is 0 Å². The Morgan fingerprint density at radius 2 is 2.12 bits per heavy atom. The molecule has 2 rings (SSSR count). The lowest BCUT2D eigenvalue weighted by molar-refractivity contribution is 0.0686. The average molecular weight is 298 g/mol. The number of carboxylic acids is 1. The fraction of sp³-hybridized carbons (Fsp3) is 0.0909. The number of carboxylic acid groups (broad SMARTS) is 1. The molecule has 0 aliphatic carbocycles. The average Bonchev–Trinajstić information content (AvgIpc) is 2.74. The van der Waals surface area contributed by atoms with Crippen molar-refractivity contribution in [2.75, 3.05) is 0 Å².